The van der Waals surface area contributed by atoms with Crippen LogP contribution in [0, 0.1) is 0 Å². The van der Waals surface area contributed by atoms with Gasteiger partial charge in [-0.15, -0.1) is 0 Å². The molecule has 0 unspecified atom stereocenters. The first-order chi connectivity index (χ1) is 7.22. The lowest BCUT2D eigenvalue weighted by molar-refractivity contribution is -0.140. The number of nitrogens with one attached hydrogen (secondary N) is 1. The molecule has 0 saturated carbocycles. The Labute approximate surface area is 97.9 Å². The number of rotatable bonds is 5. The lowest BCUT2D eigenvalue weighted by Gasteiger charge is -2.05. The molecular formula is C11H14BrNO2. The fraction of sp³-hybridized carbons (Fsp3) is 0.364. The number of hydrogen-bond donors (Lipinski definition) is 1. The molecule has 0 aliphatic heterocycles. The smallest absolute Gasteiger partial charge is 0.305 e. The van der Waals surface area contributed by atoms with E-state index in [1.54, 1.807) is 0 Å². The van der Waals surface area contributed by atoms with Crippen LogP contribution in [0.3, 0.4) is 0 Å². The minimum absolute atomic E-state index is 0.161. The zero-order chi connectivity index (χ0) is 11.1. The second kappa shape index (κ2) is 6.45. The highest BCUT2D eigenvalue weighted by molar-refractivity contribution is 9.10. The molecule has 0 radical (unpaired) electrons. The zero-order valence-corrected chi connectivity index (χ0v) is 10.2. The number of esters is 1. The van der Waals surface area contributed by atoms with Gasteiger partial charge in [-0.3, -0.25) is 4.79 Å². The highest BCUT2D eigenvalue weighted by Crippen LogP contribution is 2.15. The van der Waals surface area contributed by atoms with E-state index in [1.165, 1.54) is 7.11 Å². The number of carbonyl (C=O) groups excluding carboxylic acids is 1. The molecule has 0 bridgehead atoms. The van der Waals surface area contributed by atoms with E-state index in [-0.39, 0.29) is 5.97 Å². The van der Waals surface area contributed by atoms with Crippen LogP contribution in [0.4, 0.5) is 5.69 Å². The van der Waals surface area contributed by atoms with Crippen molar-refractivity contribution >= 4 is 27.6 Å². The lowest BCUT2D eigenvalue weighted by Crippen LogP contribution is -2.06. The van der Waals surface area contributed by atoms with Crippen LogP contribution in [-0.4, -0.2) is 19.6 Å². The second-order valence-corrected chi connectivity index (χ2v) is 4.03. The Morgan fingerprint density at radius 2 is 2.33 bits per heavy atom. The van der Waals surface area contributed by atoms with Gasteiger partial charge in [-0.2, -0.15) is 0 Å². The Kier molecular flexibility index (Phi) is 5.18. The predicted molar refractivity (Wildman–Crippen MR) is 63.9 cm³/mol. The van der Waals surface area contributed by atoms with Gasteiger partial charge in [0.25, 0.3) is 0 Å². The van der Waals surface area contributed by atoms with Crippen molar-refractivity contribution in [2.75, 3.05) is 19.0 Å². The highest BCUT2D eigenvalue weighted by Gasteiger charge is 1.99. The topological polar surface area (TPSA) is 38.3 Å². The number of carbonyl (C=O) groups is 1. The number of halogens is 1. The standard InChI is InChI=1S/C11H14BrNO2/c1-15-11(14)6-3-7-13-10-5-2-4-9(12)8-10/h2,4-5,8,13H,3,6-7H2,1H3. The van der Waals surface area contributed by atoms with Crippen LogP contribution >= 0.6 is 15.9 Å². The average Bonchev–Trinajstić information content (AvgIpc) is 2.24. The Morgan fingerprint density at radius 3 is 3.00 bits per heavy atom. The van der Waals surface area contributed by atoms with Crippen molar-refractivity contribution in [1.29, 1.82) is 0 Å². The van der Waals surface area contributed by atoms with E-state index in [1.807, 2.05) is 24.3 Å². The van der Waals surface area contributed by atoms with E-state index in [2.05, 4.69) is 26.0 Å². The summed E-state index contributed by atoms with van der Waals surface area (Å²) in [4.78, 5) is 10.8. The summed E-state index contributed by atoms with van der Waals surface area (Å²) in [6.45, 7) is 0.769. The number of methoxy groups -OCH3 is 1. The summed E-state index contributed by atoms with van der Waals surface area (Å²) < 4.78 is 5.59. The van der Waals surface area contributed by atoms with Gasteiger partial charge in [0.1, 0.15) is 0 Å². The van der Waals surface area contributed by atoms with Gasteiger partial charge in [-0.05, 0) is 24.6 Å². The third-order valence-electron chi connectivity index (χ3n) is 1.94. The Balaban J connectivity index is 2.23. The van der Waals surface area contributed by atoms with Crippen molar-refractivity contribution in [3.05, 3.63) is 28.7 Å². The first kappa shape index (κ1) is 12.0. The van der Waals surface area contributed by atoms with Crippen LogP contribution in [0.1, 0.15) is 12.8 Å². The number of hydrogen-bond acceptors (Lipinski definition) is 3. The van der Waals surface area contributed by atoms with Gasteiger partial charge in [-0.1, -0.05) is 22.0 Å². The van der Waals surface area contributed by atoms with Gasteiger partial charge in [0, 0.05) is 23.1 Å². The molecule has 0 aliphatic rings. The zero-order valence-electron chi connectivity index (χ0n) is 8.63. The summed E-state index contributed by atoms with van der Waals surface area (Å²) in [5, 5.41) is 3.23. The summed E-state index contributed by atoms with van der Waals surface area (Å²) in [5.41, 5.74) is 1.05. The van der Waals surface area contributed by atoms with E-state index >= 15 is 0 Å². The van der Waals surface area contributed by atoms with Crippen LogP contribution in [0.15, 0.2) is 28.7 Å². The summed E-state index contributed by atoms with van der Waals surface area (Å²) in [5.74, 6) is -0.161. The molecule has 1 aromatic rings. The molecule has 1 aromatic carbocycles. The SMILES string of the molecule is COC(=O)CCCNc1cccc(Br)c1. The second-order valence-electron chi connectivity index (χ2n) is 3.12. The molecule has 0 saturated heterocycles. The number of benzene rings is 1. The summed E-state index contributed by atoms with van der Waals surface area (Å²) in [7, 11) is 1.41. The fourth-order valence-electron chi connectivity index (χ4n) is 1.17. The minimum atomic E-state index is -0.161. The fourth-order valence-corrected chi connectivity index (χ4v) is 1.57. The third-order valence-corrected chi connectivity index (χ3v) is 2.43. The molecule has 0 heterocycles. The highest BCUT2D eigenvalue weighted by atomic mass is 79.9. The third kappa shape index (κ3) is 4.83. The predicted octanol–water partition coefficient (Wildman–Crippen LogP) is 2.81. The van der Waals surface area contributed by atoms with E-state index in [4.69, 9.17) is 0 Å². The molecule has 0 amide bonds. The molecule has 0 aromatic heterocycles. The number of anilines is 1. The van der Waals surface area contributed by atoms with Crippen molar-refractivity contribution in [3.8, 4) is 0 Å². The molecule has 4 heteroatoms. The Hall–Kier alpha value is -1.03. The average molecular weight is 272 g/mol. The van der Waals surface area contributed by atoms with Crippen LogP contribution in [0.25, 0.3) is 0 Å². The maximum atomic E-state index is 10.8. The summed E-state index contributed by atoms with van der Waals surface area (Å²) in [6, 6.07) is 7.92. The van der Waals surface area contributed by atoms with Crippen molar-refractivity contribution in [3.63, 3.8) is 0 Å². The normalized spacial score (nSPS) is 9.73. The van der Waals surface area contributed by atoms with E-state index in [0.717, 1.165) is 23.1 Å². The maximum Gasteiger partial charge on any atom is 0.305 e. The van der Waals surface area contributed by atoms with Crippen LogP contribution in [0.2, 0.25) is 0 Å². The van der Waals surface area contributed by atoms with Crippen molar-refractivity contribution in [2.45, 2.75) is 12.8 Å². The van der Waals surface area contributed by atoms with Gasteiger partial charge < -0.3 is 10.1 Å². The monoisotopic (exact) mass is 271 g/mol. The molecule has 15 heavy (non-hydrogen) atoms. The Bertz CT molecular complexity index is 328. The molecular weight excluding hydrogens is 258 g/mol. The lowest BCUT2D eigenvalue weighted by atomic mass is 10.3. The molecule has 3 nitrogen and oxygen atoms in total. The molecule has 1 N–H and O–H groups in total. The van der Waals surface area contributed by atoms with Crippen molar-refractivity contribution in [1.82, 2.24) is 0 Å². The largest absolute Gasteiger partial charge is 0.469 e. The van der Waals surface area contributed by atoms with E-state index < -0.39 is 0 Å². The summed E-state index contributed by atoms with van der Waals surface area (Å²) in [6.07, 6.45) is 1.23. The summed E-state index contributed by atoms with van der Waals surface area (Å²) >= 11 is 3.39. The Morgan fingerprint density at radius 1 is 1.53 bits per heavy atom. The van der Waals surface area contributed by atoms with Gasteiger partial charge in [0.2, 0.25) is 0 Å². The molecule has 0 spiro atoms. The minimum Gasteiger partial charge on any atom is -0.469 e. The van der Waals surface area contributed by atoms with Gasteiger partial charge in [0.15, 0.2) is 0 Å². The van der Waals surface area contributed by atoms with Gasteiger partial charge in [0.05, 0.1) is 7.11 Å². The van der Waals surface area contributed by atoms with Crippen LogP contribution in [-0.2, 0) is 9.53 Å². The quantitative estimate of drug-likeness (QED) is 0.661. The number of ether oxygens (including phenoxy) is 1. The van der Waals surface area contributed by atoms with Gasteiger partial charge in [-0.25, -0.2) is 0 Å². The molecule has 82 valence electrons. The van der Waals surface area contributed by atoms with E-state index in [9.17, 15) is 4.79 Å². The molecule has 0 atom stereocenters. The van der Waals surface area contributed by atoms with Crippen molar-refractivity contribution < 1.29 is 9.53 Å². The van der Waals surface area contributed by atoms with E-state index in [0.29, 0.717) is 6.42 Å². The van der Waals surface area contributed by atoms with Crippen LogP contribution < -0.4 is 5.32 Å². The first-order valence-electron chi connectivity index (χ1n) is 4.78. The van der Waals surface area contributed by atoms with Gasteiger partial charge >= 0.3 is 5.97 Å². The maximum absolute atomic E-state index is 10.8. The van der Waals surface area contributed by atoms with Crippen molar-refractivity contribution in [2.24, 2.45) is 0 Å². The molecule has 1 rings (SSSR count). The molecule has 0 aliphatic carbocycles. The molecule has 0 fully saturated rings. The first-order valence-corrected chi connectivity index (χ1v) is 5.58. The van der Waals surface area contributed by atoms with Crippen LogP contribution in [0.5, 0.6) is 0 Å².